The zero-order valence-electron chi connectivity index (χ0n) is 12.6. The van der Waals surface area contributed by atoms with Gasteiger partial charge in [-0.05, 0) is 38.0 Å². The van der Waals surface area contributed by atoms with Crippen LogP contribution in [0.15, 0.2) is 0 Å². The number of hydrogen-bond donors (Lipinski definition) is 2. The summed E-state index contributed by atoms with van der Waals surface area (Å²) in [5.74, 6) is 0.997. The van der Waals surface area contributed by atoms with Gasteiger partial charge in [0.05, 0.1) is 0 Å². The maximum atomic E-state index is 12.3. The molecule has 1 aromatic heterocycles. The minimum atomic E-state index is -0.0446. The lowest BCUT2D eigenvalue weighted by atomic mass is 10.1. The maximum absolute atomic E-state index is 12.3. The van der Waals surface area contributed by atoms with Crippen molar-refractivity contribution < 1.29 is 4.79 Å². The molecule has 2 fully saturated rings. The topological polar surface area (TPSA) is 71.2 Å². The van der Waals surface area contributed by atoms with Crippen molar-refractivity contribution in [2.24, 2.45) is 5.92 Å². The molecule has 1 amide bonds. The number of nitrogens with one attached hydrogen (secondary N) is 1. The van der Waals surface area contributed by atoms with Gasteiger partial charge in [-0.1, -0.05) is 24.7 Å². The van der Waals surface area contributed by atoms with E-state index in [1.165, 1.54) is 43.4 Å². The summed E-state index contributed by atoms with van der Waals surface area (Å²) in [6.07, 6.45) is 7.16. The van der Waals surface area contributed by atoms with E-state index in [4.69, 9.17) is 5.73 Å². The monoisotopic (exact) mass is 308 g/mol. The van der Waals surface area contributed by atoms with Crippen LogP contribution in [0.5, 0.6) is 0 Å². The Balaban J connectivity index is 1.62. The Kier molecular flexibility index (Phi) is 4.33. The van der Waals surface area contributed by atoms with E-state index in [9.17, 15) is 4.79 Å². The molecule has 1 saturated heterocycles. The summed E-state index contributed by atoms with van der Waals surface area (Å²) >= 11 is 1.44. The van der Waals surface area contributed by atoms with Gasteiger partial charge in [-0.3, -0.25) is 4.79 Å². The number of aromatic nitrogens is 1. The predicted molar refractivity (Wildman–Crippen MR) is 86.9 cm³/mol. The van der Waals surface area contributed by atoms with Gasteiger partial charge in [0, 0.05) is 19.1 Å². The number of nitrogen functional groups attached to an aromatic ring is 1. The molecule has 0 spiro atoms. The zero-order chi connectivity index (χ0) is 14.8. The van der Waals surface area contributed by atoms with Gasteiger partial charge in [-0.15, -0.1) is 0 Å². The van der Waals surface area contributed by atoms with Crippen LogP contribution in [-0.2, 0) is 0 Å². The zero-order valence-corrected chi connectivity index (χ0v) is 13.4. The lowest BCUT2D eigenvalue weighted by molar-refractivity contribution is 0.0953. The number of anilines is 2. The number of piperidine rings is 1. The van der Waals surface area contributed by atoms with E-state index >= 15 is 0 Å². The second kappa shape index (κ2) is 6.22. The Hall–Kier alpha value is -1.30. The van der Waals surface area contributed by atoms with Gasteiger partial charge in [-0.2, -0.15) is 0 Å². The SMILES string of the molecule is CCCC1CC1NC(=O)c1sc(N2CCCCC2)nc1N. The second-order valence-corrected chi connectivity index (χ2v) is 7.10. The molecule has 2 atom stereocenters. The first-order valence-electron chi connectivity index (χ1n) is 8.01. The van der Waals surface area contributed by atoms with Gasteiger partial charge in [0.2, 0.25) is 0 Å². The smallest absolute Gasteiger partial charge is 0.265 e. The first-order chi connectivity index (χ1) is 10.2. The number of amides is 1. The first kappa shape index (κ1) is 14.6. The number of nitrogens with two attached hydrogens (primary N) is 1. The molecule has 1 aliphatic carbocycles. The molecule has 2 aliphatic rings. The Morgan fingerprint density at radius 3 is 2.90 bits per heavy atom. The van der Waals surface area contributed by atoms with Crippen LogP contribution in [0.2, 0.25) is 0 Å². The van der Waals surface area contributed by atoms with Crippen molar-refractivity contribution in [1.82, 2.24) is 10.3 Å². The van der Waals surface area contributed by atoms with Crippen molar-refractivity contribution in [3.05, 3.63) is 4.88 Å². The van der Waals surface area contributed by atoms with Gasteiger partial charge in [0.15, 0.2) is 5.13 Å². The standard InChI is InChI=1S/C15H24N4OS/c1-2-6-10-9-11(10)17-14(20)12-13(16)18-15(21-12)19-7-4-3-5-8-19/h10-11H,2-9,16H2,1H3,(H,17,20). The molecule has 5 nitrogen and oxygen atoms in total. The Labute approximate surface area is 129 Å². The van der Waals surface area contributed by atoms with E-state index in [0.717, 1.165) is 24.6 Å². The molecule has 0 bridgehead atoms. The van der Waals surface area contributed by atoms with Crippen molar-refractivity contribution in [2.45, 2.75) is 51.5 Å². The number of carbonyl (C=O) groups excluding carboxylic acids is 1. The molecular weight excluding hydrogens is 284 g/mol. The fourth-order valence-corrected chi connectivity index (χ4v) is 3.99. The van der Waals surface area contributed by atoms with Crippen molar-refractivity contribution in [3.8, 4) is 0 Å². The van der Waals surface area contributed by atoms with Crippen LogP contribution in [0.25, 0.3) is 0 Å². The molecule has 6 heteroatoms. The molecule has 2 heterocycles. The van der Waals surface area contributed by atoms with Gasteiger partial charge >= 0.3 is 0 Å². The molecule has 1 aliphatic heterocycles. The number of hydrogen-bond acceptors (Lipinski definition) is 5. The quantitative estimate of drug-likeness (QED) is 0.877. The van der Waals surface area contributed by atoms with E-state index in [0.29, 0.717) is 22.7 Å². The van der Waals surface area contributed by atoms with Gasteiger partial charge in [0.25, 0.3) is 5.91 Å². The lowest BCUT2D eigenvalue weighted by Crippen LogP contribution is -2.29. The number of thiazole rings is 1. The molecule has 3 rings (SSSR count). The van der Waals surface area contributed by atoms with Crippen LogP contribution >= 0.6 is 11.3 Å². The summed E-state index contributed by atoms with van der Waals surface area (Å²) in [5, 5.41) is 4.00. The minimum Gasteiger partial charge on any atom is -0.382 e. The van der Waals surface area contributed by atoms with Crippen molar-refractivity contribution in [1.29, 1.82) is 0 Å². The molecule has 3 N–H and O–H groups in total. The average molecular weight is 308 g/mol. The summed E-state index contributed by atoms with van der Waals surface area (Å²) in [6, 6.07) is 0.345. The van der Waals surface area contributed by atoms with E-state index in [2.05, 4.69) is 22.1 Å². The summed E-state index contributed by atoms with van der Waals surface area (Å²) < 4.78 is 0. The molecule has 1 saturated carbocycles. The third-order valence-electron chi connectivity index (χ3n) is 4.37. The van der Waals surface area contributed by atoms with E-state index in [-0.39, 0.29) is 5.91 Å². The maximum Gasteiger partial charge on any atom is 0.265 e. The predicted octanol–water partition coefficient (Wildman–Crippen LogP) is 2.63. The van der Waals surface area contributed by atoms with Crippen LogP contribution in [0.3, 0.4) is 0 Å². The highest BCUT2D eigenvalue weighted by molar-refractivity contribution is 7.18. The van der Waals surface area contributed by atoms with E-state index in [1.807, 2.05) is 0 Å². The van der Waals surface area contributed by atoms with E-state index in [1.54, 1.807) is 0 Å². The van der Waals surface area contributed by atoms with Crippen molar-refractivity contribution in [2.75, 3.05) is 23.7 Å². The largest absolute Gasteiger partial charge is 0.382 e. The van der Waals surface area contributed by atoms with Crippen molar-refractivity contribution >= 4 is 28.2 Å². The molecule has 1 aromatic rings. The second-order valence-electron chi connectivity index (χ2n) is 6.12. The summed E-state index contributed by atoms with van der Waals surface area (Å²) in [6.45, 7) is 4.23. The van der Waals surface area contributed by atoms with E-state index < -0.39 is 0 Å². The minimum absolute atomic E-state index is 0.0446. The molecule has 2 unspecified atom stereocenters. The molecule has 116 valence electrons. The normalized spacial score (nSPS) is 24.9. The Morgan fingerprint density at radius 1 is 1.43 bits per heavy atom. The fraction of sp³-hybridized carbons (Fsp3) is 0.733. The Bertz CT molecular complexity index is 510. The van der Waals surface area contributed by atoms with Crippen LogP contribution in [0.4, 0.5) is 10.9 Å². The van der Waals surface area contributed by atoms with Crippen LogP contribution in [0.1, 0.15) is 55.1 Å². The molecule has 0 radical (unpaired) electrons. The van der Waals surface area contributed by atoms with Gasteiger partial charge < -0.3 is 16.0 Å². The number of carbonyl (C=O) groups is 1. The number of rotatable bonds is 5. The summed E-state index contributed by atoms with van der Waals surface area (Å²) in [5.41, 5.74) is 5.95. The van der Waals surface area contributed by atoms with Crippen LogP contribution in [-0.4, -0.2) is 30.0 Å². The molecule has 21 heavy (non-hydrogen) atoms. The average Bonchev–Trinajstić information content (AvgIpc) is 3.08. The third-order valence-corrected chi connectivity index (χ3v) is 5.50. The first-order valence-corrected chi connectivity index (χ1v) is 8.82. The van der Waals surface area contributed by atoms with Gasteiger partial charge in [-0.25, -0.2) is 4.98 Å². The highest BCUT2D eigenvalue weighted by Crippen LogP contribution is 2.36. The highest BCUT2D eigenvalue weighted by atomic mass is 32.1. The number of nitrogens with zero attached hydrogens (tertiary/aromatic N) is 2. The van der Waals surface area contributed by atoms with Crippen LogP contribution in [0, 0.1) is 5.92 Å². The highest BCUT2D eigenvalue weighted by Gasteiger charge is 2.38. The summed E-state index contributed by atoms with van der Waals surface area (Å²) in [7, 11) is 0. The van der Waals surface area contributed by atoms with Crippen LogP contribution < -0.4 is 16.0 Å². The molecule has 0 aromatic carbocycles. The fourth-order valence-electron chi connectivity index (χ4n) is 3.05. The van der Waals surface area contributed by atoms with Crippen molar-refractivity contribution in [3.63, 3.8) is 0 Å². The summed E-state index contributed by atoms with van der Waals surface area (Å²) in [4.78, 5) is 19.6. The molecular formula is C15H24N4OS. The third kappa shape index (κ3) is 3.31. The van der Waals surface area contributed by atoms with Gasteiger partial charge in [0.1, 0.15) is 10.7 Å². The lowest BCUT2D eigenvalue weighted by Gasteiger charge is -2.25. The Morgan fingerprint density at radius 2 is 2.19 bits per heavy atom.